The Bertz CT molecular complexity index is 791. The van der Waals surface area contributed by atoms with Crippen molar-refractivity contribution >= 4 is 21.2 Å². The van der Waals surface area contributed by atoms with Crippen molar-refractivity contribution < 1.29 is 8.42 Å². The van der Waals surface area contributed by atoms with E-state index in [0.717, 1.165) is 0 Å². The van der Waals surface area contributed by atoms with Gasteiger partial charge < -0.3 is 11.1 Å². The highest BCUT2D eigenvalue weighted by molar-refractivity contribution is 7.91. The molecule has 5 nitrogen and oxygen atoms in total. The standard InChI is InChI=1S/C15H15N3O2S/c1-2-18-13-5-8-15(11(9-13)10-16)21(19,20)14-6-3-12(17)4-7-14/h3-9,18H,2,17H2,1H3. The first kappa shape index (κ1) is 14.9. The number of nitrogens with zero attached hydrogens (tertiary/aromatic N) is 1. The van der Waals surface area contributed by atoms with Gasteiger partial charge in [0.2, 0.25) is 9.84 Å². The van der Waals surface area contributed by atoms with Gasteiger partial charge in [0.1, 0.15) is 6.07 Å². The number of sulfone groups is 1. The van der Waals surface area contributed by atoms with Crippen LogP contribution in [0.1, 0.15) is 12.5 Å². The van der Waals surface area contributed by atoms with Gasteiger partial charge in [-0.05, 0) is 49.4 Å². The summed E-state index contributed by atoms with van der Waals surface area (Å²) in [5.74, 6) is 0. The minimum Gasteiger partial charge on any atom is -0.399 e. The van der Waals surface area contributed by atoms with Crippen LogP contribution in [0, 0.1) is 11.3 Å². The lowest BCUT2D eigenvalue weighted by Gasteiger charge is -2.09. The number of rotatable bonds is 4. The molecular formula is C15H15N3O2S. The Kier molecular flexibility index (Phi) is 4.15. The highest BCUT2D eigenvalue weighted by Gasteiger charge is 2.21. The normalized spacial score (nSPS) is 10.9. The summed E-state index contributed by atoms with van der Waals surface area (Å²) in [6, 6.07) is 12.5. The maximum Gasteiger partial charge on any atom is 0.207 e. The fourth-order valence-electron chi connectivity index (χ4n) is 1.94. The number of nitrogens with two attached hydrogens (primary N) is 1. The maximum absolute atomic E-state index is 12.6. The second-order valence-electron chi connectivity index (χ2n) is 4.43. The van der Waals surface area contributed by atoms with Gasteiger partial charge in [-0.3, -0.25) is 0 Å². The molecule has 0 unspecified atom stereocenters. The summed E-state index contributed by atoms with van der Waals surface area (Å²) in [7, 11) is -3.74. The Hall–Kier alpha value is -2.52. The molecule has 0 fully saturated rings. The smallest absolute Gasteiger partial charge is 0.207 e. The van der Waals surface area contributed by atoms with Gasteiger partial charge in [0.25, 0.3) is 0 Å². The van der Waals surface area contributed by atoms with E-state index in [1.165, 1.54) is 36.4 Å². The molecule has 0 bridgehead atoms. The van der Waals surface area contributed by atoms with Crippen molar-refractivity contribution in [3.8, 4) is 6.07 Å². The molecule has 21 heavy (non-hydrogen) atoms. The van der Waals surface area contributed by atoms with E-state index in [1.54, 1.807) is 6.07 Å². The lowest BCUT2D eigenvalue weighted by Crippen LogP contribution is -2.06. The van der Waals surface area contributed by atoms with Gasteiger partial charge in [0.05, 0.1) is 15.4 Å². The Morgan fingerprint density at radius 1 is 1.19 bits per heavy atom. The molecule has 6 heteroatoms. The molecule has 0 saturated carbocycles. The minimum absolute atomic E-state index is 0.00331. The number of hydrogen-bond acceptors (Lipinski definition) is 5. The number of nitrogen functional groups attached to an aromatic ring is 1. The van der Waals surface area contributed by atoms with Crippen molar-refractivity contribution in [2.45, 2.75) is 16.7 Å². The summed E-state index contributed by atoms with van der Waals surface area (Å²) < 4.78 is 25.2. The van der Waals surface area contributed by atoms with Crippen LogP contribution < -0.4 is 11.1 Å². The lowest BCUT2D eigenvalue weighted by atomic mass is 10.2. The van der Waals surface area contributed by atoms with E-state index in [9.17, 15) is 13.7 Å². The zero-order valence-electron chi connectivity index (χ0n) is 11.5. The molecule has 0 heterocycles. The van der Waals surface area contributed by atoms with E-state index in [4.69, 9.17) is 5.73 Å². The SMILES string of the molecule is CCNc1ccc(S(=O)(=O)c2ccc(N)cc2)c(C#N)c1. The van der Waals surface area contributed by atoms with Gasteiger partial charge in [-0.25, -0.2) is 8.42 Å². The average Bonchev–Trinajstić information content (AvgIpc) is 2.47. The Morgan fingerprint density at radius 3 is 2.43 bits per heavy atom. The number of anilines is 2. The summed E-state index contributed by atoms with van der Waals surface area (Å²) in [5.41, 5.74) is 6.87. The molecule has 0 atom stereocenters. The molecule has 2 aromatic carbocycles. The zero-order chi connectivity index (χ0) is 15.5. The van der Waals surface area contributed by atoms with E-state index in [2.05, 4.69) is 5.32 Å². The predicted octanol–water partition coefficient (Wildman–Crippen LogP) is 2.41. The maximum atomic E-state index is 12.6. The topological polar surface area (TPSA) is 96.0 Å². The summed E-state index contributed by atoms with van der Waals surface area (Å²) in [5, 5.41) is 12.2. The molecule has 2 rings (SSSR count). The highest BCUT2D eigenvalue weighted by atomic mass is 32.2. The van der Waals surface area contributed by atoms with E-state index < -0.39 is 9.84 Å². The van der Waals surface area contributed by atoms with Gasteiger partial charge in [-0.15, -0.1) is 0 Å². The van der Waals surface area contributed by atoms with Crippen LogP contribution in [0.3, 0.4) is 0 Å². The molecule has 0 aliphatic carbocycles. The van der Waals surface area contributed by atoms with Crippen LogP contribution >= 0.6 is 0 Å². The second-order valence-corrected chi connectivity index (χ2v) is 6.34. The average molecular weight is 301 g/mol. The van der Waals surface area contributed by atoms with Crippen LogP contribution in [0.5, 0.6) is 0 Å². The van der Waals surface area contributed by atoms with Gasteiger partial charge in [-0.1, -0.05) is 0 Å². The summed E-state index contributed by atoms with van der Waals surface area (Å²) in [6.45, 7) is 2.61. The van der Waals surface area contributed by atoms with E-state index in [0.29, 0.717) is 17.9 Å². The first-order valence-corrected chi connectivity index (χ1v) is 7.86. The fourth-order valence-corrected chi connectivity index (χ4v) is 3.33. The molecular weight excluding hydrogens is 286 g/mol. The van der Waals surface area contributed by atoms with Crippen LogP contribution in [-0.2, 0) is 9.84 Å². The Labute approximate surface area is 123 Å². The summed E-state index contributed by atoms with van der Waals surface area (Å²) in [6.07, 6.45) is 0. The van der Waals surface area contributed by atoms with Crippen molar-refractivity contribution in [1.29, 1.82) is 5.26 Å². The first-order valence-electron chi connectivity index (χ1n) is 6.37. The van der Waals surface area contributed by atoms with Gasteiger partial charge in [0.15, 0.2) is 0 Å². The monoisotopic (exact) mass is 301 g/mol. The van der Waals surface area contributed by atoms with Crippen LogP contribution in [-0.4, -0.2) is 15.0 Å². The number of nitrogens with one attached hydrogen (secondary N) is 1. The van der Waals surface area contributed by atoms with Crippen molar-refractivity contribution in [3.63, 3.8) is 0 Å². The van der Waals surface area contributed by atoms with Gasteiger partial charge in [0, 0.05) is 17.9 Å². The number of nitriles is 1. The molecule has 0 aliphatic rings. The first-order chi connectivity index (χ1) is 9.98. The van der Waals surface area contributed by atoms with E-state index >= 15 is 0 Å². The lowest BCUT2D eigenvalue weighted by molar-refractivity contribution is 0.596. The van der Waals surface area contributed by atoms with Gasteiger partial charge >= 0.3 is 0 Å². The quantitative estimate of drug-likeness (QED) is 0.845. The zero-order valence-corrected chi connectivity index (χ0v) is 12.3. The summed E-state index contributed by atoms with van der Waals surface area (Å²) in [4.78, 5) is 0.112. The van der Waals surface area contributed by atoms with E-state index in [-0.39, 0.29) is 15.4 Å². The van der Waals surface area contributed by atoms with Crippen LogP contribution in [0.15, 0.2) is 52.3 Å². The highest BCUT2D eigenvalue weighted by Crippen LogP contribution is 2.26. The third-order valence-electron chi connectivity index (χ3n) is 2.96. The van der Waals surface area contributed by atoms with Crippen LogP contribution in [0.2, 0.25) is 0 Å². The van der Waals surface area contributed by atoms with Crippen molar-refractivity contribution in [2.75, 3.05) is 17.6 Å². The molecule has 2 aromatic rings. The molecule has 0 amide bonds. The van der Waals surface area contributed by atoms with Crippen molar-refractivity contribution in [1.82, 2.24) is 0 Å². The van der Waals surface area contributed by atoms with Crippen LogP contribution in [0.4, 0.5) is 11.4 Å². The fraction of sp³-hybridized carbons (Fsp3) is 0.133. The van der Waals surface area contributed by atoms with Crippen molar-refractivity contribution in [3.05, 3.63) is 48.0 Å². The molecule has 0 aliphatic heterocycles. The third kappa shape index (κ3) is 2.98. The Balaban J connectivity index is 2.55. The van der Waals surface area contributed by atoms with E-state index in [1.807, 2.05) is 13.0 Å². The molecule has 0 radical (unpaired) electrons. The molecule has 3 N–H and O–H groups in total. The molecule has 108 valence electrons. The molecule has 0 aromatic heterocycles. The largest absolute Gasteiger partial charge is 0.399 e. The second kappa shape index (κ2) is 5.85. The number of benzene rings is 2. The van der Waals surface area contributed by atoms with Crippen LogP contribution in [0.25, 0.3) is 0 Å². The Morgan fingerprint density at radius 2 is 1.86 bits per heavy atom. The van der Waals surface area contributed by atoms with Crippen molar-refractivity contribution in [2.24, 2.45) is 0 Å². The molecule has 0 spiro atoms. The summed E-state index contributed by atoms with van der Waals surface area (Å²) >= 11 is 0. The number of hydrogen-bond donors (Lipinski definition) is 2. The molecule has 0 saturated heterocycles. The van der Waals surface area contributed by atoms with Gasteiger partial charge in [-0.2, -0.15) is 5.26 Å². The minimum atomic E-state index is -3.74. The third-order valence-corrected chi connectivity index (χ3v) is 4.79. The predicted molar refractivity (Wildman–Crippen MR) is 81.6 cm³/mol.